The van der Waals surface area contributed by atoms with Gasteiger partial charge in [0.1, 0.15) is 5.69 Å². The standard InChI is InChI=1S/C21H30N6O2/c1-16-15-18(25-21(23-16)22-9-6-10-26(2)3)20(28)24-17-7-4-5-8-19(17)27-11-13-29-14-12-27/h4-5,7-8,15H,6,9-14H2,1-3H3,(H,24,28)(H,22,23,25). The number of benzene rings is 1. The molecule has 2 heterocycles. The van der Waals surface area contributed by atoms with E-state index in [1.54, 1.807) is 6.07 Å². The molecule has 8 nitrogen and oxygen atoms in total. The van der Waals surface area contributed by atoms with Crippen molar-refractivity contribution in [2.45, 2.75) is 13.3 Å². The summed E-state index contributed by atoms with van der Waals surface area (Å²) in [5.41, 5.74) is 2.87. The van der Waals surface area contributed by atoms with Crippen LogP contribution in [0.1, 0.15) is 22.6 Å². The van der Waals surface area contributed by atoms with Crippen LogP contribution in [0.5, 0.6) is 0 Å². The second-order valence-corrected chi connectivity index (χ2v) is 7.37. The summed E-state index contributed by atoms with van der Waals surface area (Å²) >= 11 is 0. The van der Waals surface area contributed by atoms with E-state index in [2.05, 4.69) is 30.4 Å². The fourth-order valence-corrected chi connectivity index (χ4v) is 3.21. The Labute approximate surface area is 172 Å². The first-order valence-corrected chi connectivity index (χ1v) is 10.0. The quantitative estimate of drug-likeness (QED) is 0.660. The van der Waals surface area contributed by atoms with Gasteiger partial charge in [0, 0.05) is 25.3 Å². The van der Waals surface area contributed by atoms with Crippen molar-refractivity contribution in [3.05, 3.63) is 41.7 Å². The smallest absolute Gasteiger partial charge is 0.274 e. The Balaban J connectivity index is 1.69. The van der Waals surface area contributed by atoms with Crippen molar-refractivity contribution >= 4 is 23.2 Å². The third kappa shape index (κ3) is 6.13. The summed E-state index contributed by atoms with van der Waals surface area (Å²) in [5, 5.41) is 6.23. The van der Waals surface area contributed by atoms with Crippen LogP contribution in [-0.4, -0.2) is 74.3 Å². The molecule has 1 aromatic heterocycles. The van der Waals surface area contributed by atoms with Crippen LogP contribution in [0.3, 0.4) is 0 Å². The van der Waals surface area contributed by atoms with E-state index in [1.807, 2.05) is 45.3 Å². The highest BCUT2D eigenvalue weighted by Crippen LogP contribution is 2.26. The van der Waals surface area contributed by atoms with Crippen molar-refractivity contribution in [3.8, 4) is 0 Å². The minimum absolute atomic E-state index is 0.243. The van der Waals surface area contributed by atoms with Gasteiger partial charge >= 0.3 is 0 Å². The van der Waals surface area contributed by atoms with Crippen LogP contribution in [-0.2, 0) is 4.74 Å². The number of nitrogens with one attached hydrogen (secondary N) is 2. The number of hydrogen-bond donors (Lipinski definition) is 2. The van der Waals surface area contributed by atoms with Gasteiger partial charge in [-0.1, -0.05) is 12.1 Å². The average molecular weight is 399 g/mol. The average Bonchev–Trinajstić information content (AvgIpc) is 2.72. The van der Waals surface area contributed by atoms with Gasteiger partial charge in [-0.15, -0.1) is 0 Å². The van der Waals surface area contributed by atoms with Gasteiger partial charge in [0.25, 0.3) is 5.91 Å². The van der Waals surface area contributed by atoms with E-state index in [0.29, 0.717) is 24.9 Å². The number of ether oxygens (including phenoxy) is 1. The van der Waals surface area contributed by atoms with Crippen LogP contribution in [0.2, 0.25) is 0 Å². The highest BCUT2D eigenvalue weighted by atomic mass is 16.5. The largest absolute Gasteiger partial charge is 0.378 e. The third-order valence-electron chi connectivity index (χ3n) is 4.66. The maximum Gasteiger partial charge on any atom is 0.274 e. The number of morpholine rings is 1. The Hall–Kier alpha value is -2.71. The van der Waals surface area contributed by atoms with E-state index < -0.39 is 0 Å². The molecule has 0 atom stereocenters. The molecular weight excluding hydrogens is 368 g/mol. The molecule has 0 radical (unpaired) electrons. The minimum atomic E-state index is -0.243. The fraction of sp³-hybridized carbons (Fsp3) is 0.476. The van der Waals surface area contributed by atoms with Crippen LogP contribution in [0.4, 0.5) is 17.3 Å². The Morgan fingerprint density at radius 3 is 2.72 bits per heavy atom. The molecule has 0 aliphatic carbocycles. The molecule has 1 aliphatic heterocycles. The summed E-state index contributed by atoms with van der Waals surface area (Å²) < 4.78 is 5.44. The summed E-state index contributed by atoms with van der Waals surface area (Å²) in [6.07, 6.45) is 0.971. The minimum Gasteiger partial charge on any atom is -0.378 e. The lowest BCUT2D eigenvalue weighted by atomic mass is 10.2. The zero-order chi connectivity index (χ0) is 20.6. The van der Waals surface area contributed by atoms with Gasteiger partial charge in [0.2, 0.25) is 5.95 Å². The molecule has 1 aliphatic rings. The molecule has 1 amide bonds. The van der Waals surface area contributed by atoms with Crippen molar-refractivity contribution in [3.63, 3.8) is 0 Å². The van der Waals surface area contributed by atoms with E-state index in [-0.39, 0.29) is 5.91 Å². The Morgan fingerprint density at radius 2 is 1.97 bits per heavy atom. The number of aryl methyl sites for hydroxylation is 1. The molecule has 0 spiro atoms. The molecular formula is C21H30N6O2. The molecule has 29 heavy (non-hydrogen) atoms. The topological polar surface area (TPSA) is 82.6 Å². The van der Waals surface area contributed by atoms with Crippen molar-refractivity contribution in [2.75, 3.05) is 69.0 Å². The zero-order valence-corrected chi connectivity index (χ0v) is 17.4. The van der Waals surface area contributed by atoms with Crippen LogP contribution in [0.15, 0.2) is 30.3 Å². The van der Waals surface area contributed by atoms with Gasteiger partial charge in [-0.2, -0.15) is 0 Å². The number of rotatable bonds is 8. The number of hydrogen-bond acceptors (Lipinski definition) is 7. The van der Waals surface area contributed by atoms with Gasteiger partial charge in [-0.3, -0.25) is 4.79 Å². The molecule has 1 saturated heterocycles. The first-order chi connectivity index (χ1) is 14.0. The normalized spacial score (nSPS) is 14.1. The Morgan fingerprint density at radius 1 is 1.21 bits per heavy atom. The maximum absolute atomic E-state index is 12.9. The van der Waals surface area contributed by atoms with E-state index in [1.165, 1.54) is 0 Å². The lowest BCUT2D eigenvalue weighted by molar-refractivity contribution is 0.102. The molecule has 2 N–H and O–H groups in total. The zero-order valence-electron chi connectivity index (χ0n) is 17.4. The molecule has 8 heteroatoms. The fourth-order valence-electron chi connectivity index (χ4n) is 3.21. The predicted molar refractivity (Wildman–Crippen MR) is 116 cm³/mol. The summed E-state index contributed by atoms with van der Waals surface area (Å²) in [6.45, 7) is 6.59. The molecule has 3 rings (SSSR count). The molecule has 2 aromatic rings. The first kappa shape index (κ1) is 21.0. The number of amides is 1. The summed E-state index contributed by atoms with van der Waals surface area (Å²) in [7, 11) is 4.08. The first-order valence-electron chi connectivity index (χ1n) is 10.0. The molecule has 0 bridgehead atoms. The molecule has 156 valence electrons. The second kappa shape index (κ2) is 10.2. The van der Waals surface area contributed by atoms with Gasteiger partial charge in [0.05, 0.1) is 24.6 Å². The van der Waals surface area contributed by atoms with Crippen molar-refractivity contribution < 1.29 is 9.53 Å². The molecule has 0 unspecified atom stereocenters. The Kier molecular flexibility index (Phi) is 7.37. The molecule has 1 fully saturated rings. The van der Waals surface area contributed by atoms with E-state index in [4.69, 9.17) is 4.74 Å². The SMILES string of the molecule is Cc1cc(C(=O)Nc2ccccc2N2CCOCC2)nc(NCCCN(C)C)n1. The number of anilines is 3. The van der Waals surface area contributed by atoms with Crippen LogP contribution in [0, 0.1) is 6.92 Å². The van der Waals surface area contributed by atoms with Crippen LogP contribution < -0.4 is 15.5 Å². The molecule has 0 saturated carbocycles. The number of para-hydroxylation sites is 2. The third-order valence-corrected chi connectivity index (χ3v) is 4.66. The Bertz CT molecular complexity index is 821. The van der Waals surface area contributed by atoms with Crippen LogP contribution in [0.25, 0.3) is 0 Å². The van der Waals surface area contributed by atoms with Gasteiger partial charge in [-0.25, -0.2) is 9.97 Å². The summed E-state index contributed by atoms with van der Waals surface area (Å²) in [4.78, 5) is 26.0. The van der Waals surface area contributed by atoms with Crippen LogP contribution >= 0.6 is 0 Å². The maximum atomic E-state index is 12.9. The number of carbonyl (C=O) groups is 1. The number of nitrogens with zero attached hydrogens (tertiary/aromatic N) is 4. The summed E-state index contributed by atoms with van der Waals surface area (Å²) in [6, 6.07) is 9.53. The van der Waals surface area contributed by atoms with Gasteiger partial charge in [0.15, 0.2) is 0 Å². The van der Waals surface area contributed by atoms with Gasteiger partial charge < -0.3 is 25.2 Å². The van der Waals surface area contributed by atoms with Crippen molar-refractivity contribution in [1.29, 1.82) is 0 Å². The highest BCUT2D eigenvalue weighted by molar-refractivity contribution is 6.04. The highest BCUT2D eigenvalue weighted by Gasteiger charge is 2.17. The van der Waals surface area contributed by atoms with Crippen molar-refractivity contribution in [2.24, 2.45) is 0 Å². The second-order valence-electron chi connectivity index (χ2n) is 7.37. The lowest BCUT2D eigenvalue weighted by Gasteiger charge is -2.30. The van der Waals surface area contributed by atoms with E-state index in [0.717, 1.165) is 49.7 Å². The lowest BCUT2D eigenvalue weighted by Crippen LogP contribution is -2.36. The van der Waals surface area contributed by atoms with E-state index in [9.17, 15) is 4.79 Å². The number of carbonyl (C=O) groups excluding carboxylic acids is 1. The number of aromatic nitrogens is 2. The predicted octanol–water partition coefficient (Wildman–Crippen LogP) is 2.24. The monoisotopic (exact) mass is 398 g/mol. The van der Waals surface area contributed by atoms with E-state index >= 15 is 0 Å². The van der Waals surface area contributed by atoms with Gasteiger partial charge in [-0.05, 0) is 52.2 Å². The van der Waals surface area contributed by atoms with Crippen molar-refractivity contribution in [1.82, 2.24) is 14.9 Å². The molecule has 1 aromatic carbocycles. The summed E-state index contributed by atoms with van der Waals surface area (Å²) in [5.74, 6) is 0.239.